The van der Waals surface area contributed by atoms with Gasteiger partial charge in [0.1, 0.15) is 31.1 Å². The molecule has 0 bridgehead atoms. The molecule has 0 aliphatic heterocycles. The Hall–Kier alpha value is -3.00. The van der Waals surface area contributed by atoms with Crippen LogP contribution < -0.4 is 14.8 Å². The Kier molecular flexibility index (Phi) is 7.50. The van der Waals surface area contributed by atoms with E-state index in [4.69, 9.17) is 14.7 Å². The van der Waals surface area contributed by atoms with Gasteiger partial charge >= 0.3 is 0 Å². The maximum absolute atomic E-state index is 11.3. The Morgan fingerprint density at radius 3 is 2.50 bits per heavy atom. The van der Waals surface area contributed by atoms with Gasteiger partial charge in [0.05, 0.1) is 6.07 Å². The lowest BCUT2D eigenvalue weighted by atomic mass is 10.1. The molecule has 0 saturated carbocycles. The van der Waals surface area contributed by atoms with Crippen molar-refractivity contribution in [2.24, 2.45) is 0 Å². The van der Waals surface area contributed by atoms with Crippen LogP contribution in [0.25, 0.3) is 0 Å². The van der Waals surface area contributed by atoms with Crippen molar-refractivity contribution < 1.29 is 14.3 Å². The van der Waals surface area contributed by atoms with Gasteiger partial charge < -0.3 is 14.8 Å². The molecule has 0 heterocycles. The van der Waals surface area contributed by atoms with E-state index in [9.17, 15) is 4.79 Å². The van der Waals surface area contributed by atoms with E-state index in [-0.39, 0.29) is 12.3 Å². The zero-order valence-electron chi connectivity index (χ0n) is 15.2. The molecule has 0 aromatic heterocycles. The minimum atomic E-state index is -0.257. The van der Waals surface area contributed by atoms with Crippen LogP contribution in [0, 0.1) is 25.2 Å². The number of aryl methyl sites for hydroxylation is 1. The zero-order chi connectivity index (χ0) is 18.8. The van der Waals surface area contributed by atoms with Crippen LogP contribution in [0.5, 0.6) is 11.5 Å². The maximum Gasteiger partial charge on any atom is 0.234 e. The van der Waals surface area contributed by atoms with E-state index in [1.165, 1.54) is 5.56 Å². The number of amides is 1. The first-order chi connectivity index (χ1) is 12.6. The number of benzene rings is 2. The van der Waals surface area contributed by atoms with Gasteiger partial charge in [0.2, 0.25) is 5.91 Å². The van der Waals surface area contributed by atoms with Gasteiger partial charge in [-0.3, -0.25) is 4.79 Å². The van der Waals surface area contributed by atoms with Crippen molar-refractivity contribution in [3.63, 3.8) is 0 Å². The van der Waals surface area contributed by atoms with Gasteiger partial charge in [0.15, 0.2) is 0 Å². The predicted molar refractivity (Wildman–Crippen MR) is 100 cm³/mol. The number of nitriles is 1. The highest BCUT2D eigenvalue weighted by molar-refractivity contribution is 5.77. The first-order valence-electron chi connectivity index (χ1n) is 8.65. The fraction of sp³-hybridized carbons (Fsp3) is 0.333. The molecule has 5 nitrogen and oxygen atoms in total. The normalized spacial score (nSPS) is 10.0. The number of carbonyl (C=O) groups is 1. The van der Waals surface area contributed by atoms with Gasteiger partial charge in [-0.2, -0.15) is 5.26 Å². The quantitative estimate of drug-likeness (QED) is 0.703. The van der Waals surface area contributed by atoms with Crippen molar-refractivity contribution in [2.75, 3.05) is 19.8 Å². The van der Waals surface area contributed by atoms with Crippen LogP contribution in [0.4, 0.5) is 0 Å². The number of hydrogen-bond donors (Lipinski definition) is 1. The third-order valence-electron chi connectivity index (χ3n) is 4.08. The number of nitrogens with one attached hydrogen (secondary N) is 1. The summed E-state index contributed by atoms with van der Waals surface area (Å²) in [6.07, 6.45) is 0.527. The fourth-order valence-electron chi connectivity index (χ4n) is 2.51. The molecule has 0 spiro atoms. The summed E-state index contributed by atoms with van der Waals surface area (Å²) < 4.78 is 11.7. The number of rotatable bonds is 9. The summed E-state index contributed by atoms with van der Waals surface area (Å²) in [5.74, 6) is 1.40. The lowest BCUT2D eigenvalue weighted by molar-refractivity contribution is -0.120. The summed E-state index contributed by atoms with van der Waals surface area (Å²) in [6.45, 7) is 5.47. The summed E-state index contributed by atoms with van der Waals surface area (Å²) in [5.41, 5.74) is 3.35. The van der Waals surface area contributed by atoms with E-state index in [0.29, 0.717) is 26.2 Å². The van der Waals surface area contributed by atoms with Gasteiger partial charge in [-0.15, -0.1) is 0 Å². The second kappa shape index (κ2) is 10.1. The average molecular weight is 352 g/mol. The van der Waals surface area contributed by atoms with E-state index in [1.807, 2.05) is 49.4 Å². The van der Waals surface area contributed by atoms with Gasteiger partial charge in [0.25, 0.3) is 0 Å². The van der Waals surface area contributed by atoms with E-state index in [0.717, 1.165) is 22.6 Å². The maximum atomic E-state index is 11.3. The van der Waals surface area contributed by atoms with E-state index >= 15 is 0 Å². The zero-order valence-corrected chi connectivity index (χ0v) is 15.2. The molecule has 0 atom stereocenters. The van der Waals surface area contributed by atoms with Crippen LogP contribution in [0.1, 0.15) is 23.1 Å². The van der Waals surface area contributed by atoms with Gasteiger partial charge in [-0.05, 0) is 49.1 Å². The largest absolute Gasteiger partial charge is 0.490 e. The molecule has 0 unspecified atom stereocenters. The van der Waals surface area contributed by atoms with Crippen molar-refractivity contribution in [1.82, 2.24) is 5.32 Å². The molecule has 2 rings (SSSR count). The van der Waals surface area contributed by atoms with Crippen molar-refractivity contribution in [3.05, 3.63) is 59.2 Å². The van der Waals surface area contributed by atoms with Crippen LogP contribution in [0.2, 0.25) is 0 Å². The molecule has 0 saturated heterocycles. The molecule has 0 aliphatic carbocycles. The Labute approximate surface area is 154 Å². The summed E-state index contributed by atoms with van der Waals surface area (Å²) in [6, 6.07) is 15.6. The third kappa shape index (κ3) is 5.82. The highest BCUT2D eigenvalue weighted by Gasteiger charge is 2.06. The monoisotopic (exact) mass is 352 g/mol. The molecule has 0 fully saturated rings. The van der Waals surface area contributed by atoms with Gasteiger partial charge in [-0.1, -0.05) is 30.3 Å². The Bertz CT molecular complexity index is 781. The predicted octanol–water partition coefficient (Wildman–Crippen LogP) is 3.33. The van der Waals surface area contributed by atoms with Crippen molar-refractivity contribution in [3.8, 4) is 17.6 Å². The Morgan fingerprint density at radius 1 is 1.04 bits per heavy atom. The standard InChI is InChI=1S/C21H24N2O3/c1-16-6-5-9-19(17(16)2)25-14-15-26-20-8-4-3-7-18(20)11-13-23-21(24)10-12-22/h3-9H,10-11,13-15H2,1-2H3,(H,23,24). The average Bonchev–Trinajstić information content (AvgIpc) is 2.63. The molecule has 5 heteroatoms. The number of carbonyl (C=O) groups excluding carboxylic acids is 1. The summed E-state index contributed by atoms with van der Waals surface area (Å²) in [7, 11) is 0. The van der Waals surface area contributed by atoms with E-state index in [1.54, 1.807) is 0 Å². The molecule has 1 N–H and O–H groups in total. The van der Waals surface area contributed by atoms with Crippen LogP contribution in [-0.4, -0.2) is 25.7 Å². The first-order valence-corrected chi connectivity index (χ1v) is 8.65. The Morgan fingerprint density at radius 2 is 1.73 bits per heavy atom. The minimum absolute atomic E-state index is 0.117. The van der Waals surface area contributed by atoms with Crippen molar-refractivity contribution in [2.45, 2.75) is 26.7 Å². The number of para-hydroxylation sites is 1. The smallest absolute Gasteiger partial charge is 0.234 e. The molecule has 26 heavy (non-hydrogen) atoms. The van der Waals surface area contributed by atoms with E-state index < -0.39 is 0 Å². The van der Waals surface area contributed by atoms with Gasteiger partial charge in [-0.25, -0.2) is 0 Å². The number of nitrogens with zero attached hydrogens (tertiary/aromatic N) is 1. The van der Waals surface area contributed by atoms with Crippen LogP contribution in [-0.2, 0) is 11.2 Å². The molecule has 0 aliphatic rings. The second-order valence-electron chi connectivity index (χ2n) is 5.94. The third-order valence-corrected chi connectivity index (χ3v) is 4.08. The Balaban J connectivity index is 1.81. The molecule has 2 aromatic rings. The number of hydrogen-bond acceptors (Lipinski definition) is 4. The highest BCUT2D eigenvalue weighted by Crippen LogP contribution is 2.21. The summed E-state index contributed by atoms with van der Waals surface area (Å²) in [5, 5.41) is 11.2. The molecule has 2 aromatic carbocycles. The topological polar surface area (TPSA) is 71.3 Å². The second-order valence-corrected chi connectivity index (χ2v) is 5.94. The lowest BCUT2D eigenvalue weighted by Crippen LogP contribution is -2.25. The lowest BCUT2D eigenvalue weighted by Gasteiger charge is -2.14. The number of ether oxygens (including phenoxy) is 2. The van der Waals surface area contributed by atoms with Crippen LogP contribution in [0.15, 0.2) is 42.5 Å². The van der Waals surface area contributed by atoms with Crippen molar-refractivity contribution >= 4 is 5.91 Å². The van der Waals surface area contributed by atoms with Crippen LogP contribution in [0.3, 0.4) is 0 Å². The van der Waals surface area contributed by atoms with Gasteiger partial charge in [0, 0.05) is 6.54 Å². The fourth-order valence-corrected chi connectivity index (χ4v) is 2.51. The highest BCUT2D eigenvalue weighted by atomic mass is 16.5. The molecular formula is C21H24N2O3. The molecular weight excluding hydrogens is 328 g/mol. The minimum Gasteiger partial charge on any atom is -0.490 e. The first kappa shape index (κ1) is 19.3. The van der Waals surface area contributed by atoms with E-state index in [2.05, 4.69) is 18.3 Å². The van der Waals surface area contributed by atoms with Crippen LogP contribution >= 0.6 is 0 Å². The molecule has 1 amide bonds. The van der Waals surface area contributed by atoms with Crippen molar-refractivity contribution in [1.29, 1.82) is 5.26 Å². The SMILES string of the molecule is Cc1cccc(OCCOc2ccccc2CCNC(=O)CC#N)c1C. The molecule has 136 valence electrons. The summed E-state index contributed by atoms with van der Waals surface area (Å²) >= 11 is 0. The summed E-state index contributed by atoms with van der Waals surface area (Å²) in [4.78, 5) is 11.3. The molecule has 0 radical (unpaired) electrons.